The molecule has 3 nitrogen and oxygen atoms in total. The van der Waals surface area contributed by atoms with E-state index in [4.69, 9.17) is 5.73 Å². The second-order valence-corrected chi connectivity index (χ2v) is 4.16. The number of hydrogen-bond donors (Lipinski definition) is 1. The molecular weight excluding hydrogens is 194 g/mol. The Hall–Kier alpha value is -1.26. The molecule has 0 fully saturated rings. The molecule has 0 aliphatic rings. The van der Waals surface area contributed by atoms with E-state index < -0.39 is 0 Å². The summed E-state index contributed by atoms with van der Waals surface area (Å²) in [5, 5.41) is 0.990. The van der Waals surface area contributed by atoms with E-state index in [2.05, 4.69) is 16.0 Å². The summed E-state index contributed by atoms with van der Waals surface area (Å²) in [4.78, 5) is 9.51. The van der Waals surface area contributed by atoms with Crippen molar-refractivity contribution in [2.75, 3.05) is 0 Å². The number of aromatic nitrogens is 2. The van der Waals surface area contributed by atoms with Crippen LogP contribution in [0.2, 0.25) is 0 Å². The van der Waals surface area contributed by atoms with Crippen LogP contribution in [0.5, 0.6) is 0 Å². The minimum atomic E-state index is 0.526. The summed E-state index contributed by atoms with van der Waals surface area (Å²) in [5.74, 6) is 0. The Morgan fingerprint density at radius 1 is 1.36 bits per heavy atom. The molecule has 72 valence electrons. The first kappa shape index (κ1) is 9.30. The fraction of sp³-hybridized carbons (Fsp3) is 0.200. The van der Waals surface area contributed by atoms with Gasteiger partial charge in [-0.05, 0) is 11.6 Å². The highest BCUT2D eigenvalue weighted by atomic mass is 32.1. The number of nitrogens with two attached hydrogens (primary N) is 1. The Morgan fingerprint density at radius 3 is 2.93 bits per heavy atom. The van der Waals surface area contributed by atoms with E-state index in [0.29, 0.717) is 6.54 Å². The summed E-state index contributed by atoms with van der Waals surface area (Å²) in [7, 11) is 0. The Labute approximate surface area is 86.6 Å². The molecule has 0 aliphatic heterocycles. The SMILES string of the molecule is NCc1ncc(Cc2cccnc2)s1. The summed E-state index contributed by atoms with van der Waals surface area (Å²) < 4.78 is 0. The van der Waals surface area contributed by atoms with Crippen LogP contribution in [0.15, 0.2) is 30.7 Å². The van der Waals surface area contributed by atoms with Crippen LogP contribution in [0.4, 0.5) is 0 Å². The van der Waals surface area contributed by atoms with Crippen LogP contribution >= 0.6 is 11.3 Å². The quantitative estimate of drug-likeness (QED) is 0.827. The van der Waals surface area contributed by atoms with Crippen LogP contribution in [0, 0.1) is 0 Å². The highest BCUT2D eigenvalue weighted by Crippen LogP contribution is 2.16. The van der Waals surface area contributed by atoms with Crippen LogP contribution in [0.25, 0.3) is 0 Å². The van der Waals surface area contributed by atoms with Crippen LogP contribution in [0.3, 0.4) is 0 Å². The Morgan fingerprint density at radius 2 is 2.29 bits per heavy atom. The number of rotatable bonds is 3. The van der Waals surface area contributed by atoms with Crippen molar-refractivity contribution in [2.45, 2.75) is 13.0 Å². The van der Waals surface area contributed by atoms with E-state index in [1.165, 1.54) is 10.4 Å². The van der Waals surface area contributed by atoms with Gasteiger partial charge in [-0.1, -0.05) is 6.07 Å². The van der Waals surface area contributed by atoms with Crippen LogP contribution in [0.1, 0.15) is 15.4 Å². The highest BCUT2D eigenvalue weighted by Gasteiger charge is 2.01. The van der Waals surface area contributed by atoms with Gasteiger partial charge < -0.3 is 5.73 Å². The average molecular weight is 205 g/mol. The third-order valence-electron chi connectivity index (χ3n) is 1.88. The molecule has 0 bridgehead atoms. The first-order chi connectivity index (χ1) is 6.88. The lowest BCUT2D eigenvalue weighted by atomic mass is 10.2. The maximum Gasteiger partial charge on any atom is 0.106 e. The maximum atomic E-state index is 5.49. The van der Waals surface area contributed by atoms with Crippen molar-refractivity contribution in [1.82, 2.24) is 9.97 Å². The monoisotopic (exact) mass is 205 g/mol. The minimum Gasteiger partial charge on any atom is -0.325 e. The molecule has 0 saturated carbocycles. The average Bonchev–Trinajstić information content (AvgIpc) is 2.67. The molecule has 0 saturated heterocycles. The molecule has 0 aromatic carbocycles. The molecule has 2 heterocycles. The first-order valence-electron chi connectivity index (χ1n) is 4.41. The number of pyridine rings is 1. The van der Waals surface area contributed by atoms with E-state index in [1.54, 1.807) is 17.5 Å². The van der Waals surface area contributed by atoms with Crippen molar-refractivity contribution >= 4 is 11.3 Å². The first-order valence-corrected chi connectivity index (χ1v) is 5.22. The second-order valence-electron chi connectivity index (χ2n) is 2.96. The van der Waals surface area contributed by atoms with E-state index in [-0.39, 0.29) is 0 Å². The molecule has 2 aromatic rings. The van der Waals surface area contributed by atoms with E-state index >= 15 is 0 Å². The minimum absolute atomic E-state index is 0.526. The Bertz CT molecular complexity index is 397. The van der Waals surface area contributed by atoms with Crippen molar-refractivity contribution in [2.24, 2.45) is 5.73 Å². The van der Waals surface area contributed by atoms with Crippen LogP contribution in [-0.4, -0.2) is 9.97 Å². The van der Waals surface area contributed by atoms with Gasteiger partial charge in [0, 0.05) is 36.4 Å². The Kier molecular flexibility index (Phi) is 2.86. The standard InChI is InChI=1S/C10H11N3S/c11-5-10-13-7-9(14-10)4-8-2-1-3-12-6-8/h1-3,6-7H,4-5,11H2. The molecule has 0 aliphatic carbocycles. The lowest BCUT2D eigenvalue weighted by Gasteiger charge is -1.95. The third kappa shape index (κ3) is 2.16. The zero-order valence-corrected chi connectivity index (χ0v) is 8.50. The molecule has 0 unspecified atom stereocenters. The summed E-state index contributed by atoms with van der Waals surface area (Å²) in [5.41, 5.74) is 6.70. The van der Waals surface area contributed by atoms with Crippen LogP contribution < -0.4 is 5.73 Å². The van der Waals surface area contributed by atoms with Crippen molar-refractivity contribution in [1.29, 1.82) is 0 Å². The molecule has 2 aromatic heterocycles. The molecule has 2 rings (SSSR count). The van der Waals surface area contributed by atoms with Gasteiger partial charge in [0.15, 0.2) is 0 Å². The second kappa shape index (κ2) is 4.30. The molecule has 0 radical (unpaired) electrons. The maximum absolute atomic E-state index is 5.49. The van der Waals surface area contributed by atoms with Crippen molar-refractivity contribution in [3.8, 4) is 0 Å². The van der Waals surface area contributed by atoms with Gasteiger partial charge in [-0.15, -0.1) is 11.3 Å². The van der Waals surface area contributed by atoms with Gasteiger partial charge in [-0.2, -0.15) is 0 Å². The molecule has 0 spiro atoms. The van der Waals surface area contributed by atoms with E-state index in [9.17, 15) is 0 Å². The predicted octanol–water partition coefficient (Wildman–Crippen LogP) is 1.59. The molecule has 4 heteroatoms. The summed E-state index contributed by atoms with van der Waals surface area (Å²) >= 11 is 1.66. The highest BCUT2D eigenvalue weighted by molar-refractivity contribution is 7.11. The molecule has 0 atom stereocenters. The van der Waals surface area contributed by atoms with Gasteiger partial charge in [0.05, 0.1) is 0 Å². The summed E-state index contributed by atoms with van der Waals surface area (Å²) in [6, 6.07) is 4.01. The van der Waals surface area contributed by atoms with Crippen molar-refractivity contribution < 1.29 is 0 Å². The molecular formula is C10H11N3S. The number of thiazole rings is 1. The number of hydrogen-bond acceptors (Lipinski definition) is 4. The van der Waals surface area contributed by atoms with Gasteiger partial charge in [0.1, 0.15) is 5.01 Å². The van der Waals surface area contributed by atoms with Crippen molar-refractivity contribution in [3.63, 3.8) is 0 Å². The fourth-order valence-electron chi connectivity index (χ4n) is 1.23. The molecule has 2 N–H and O–H groups in total. The number of nitrogens with zero attached hydrogens (tertiary/aromatic N) is 2. The summed E-state index contributed by atoms with van der Waals surface area (Å²) in [6.07, 6.45) is 6.44. The molecule has 14 heavy (non-hydrogen) atoms. The normalized spacial score (nSPS) is 10.4. The lowest BCUT2D eigenvalue weighted by molar-refractivity contribution is 1.04. The van der Waals surface area contributed by atoms with E-state index in [1.807, 2.05) is 18.5 Å². The van der Waals surface area contributed by atoms with Gasteiger partial charge >= 0.3 is 0 Å². The van der Waals surface area contributed by atoms with Gasteiger partial charge in [-0.25, -0.2) is 4.98 Å². The Balaban J connectivity index is 2.11. The largest absolute Gasteiger partial charge is 0.325 e. The summed E-state index contributed by atoms with van der Waals surface area (Å²) in [6.45, 7) is 0.526. The predicted molar refractivity (Wildman–Crippen MR) is 57.0 cm³/mol. The fourth-order valence-corrected chi connectivity index (χ4v) is 2.06. The molecule has 0 amide bonds. The third-order valence-corrected chi connectivity index (χ3v) is 2.90. The van der Waals surface area contributed by atoms with Crippen LogP contribution in [-0.2, 0) is 13.0 Å². The lowest BCUT2D eigenvalue weighted by Crippen LogP contribution is -1.93. The smallest absolute Gasteiger partial charge is 0.106 e. The zero-order chi connectivity index (χ0) is 9.80. The topological polar surface area (TPSA) is 51.8 Å². The van der Waals surface area contributed by atoms with E-state index in [0.717, 1.165) is 11.4 Å². The van der Waals surface area contributed by atoms with Gasteiger partial charge in [0.2, 0.25) is 0 Å². The van der Waals surface area contributed by atoms with Gasteiger partial charge in [0.25, 0.3) is 0 Å². The van der Waals surface area contributed by atoms with Gasteiger partial charge in [-0.3, -0.25) is 4.98 Å². The zero-order valence-electron chi connectivity index (χ0n) is 7.68. The van der Waals surface area contributed by atoms with Crippen molar-refractivity contribution in [3.05, 3.63) is 46.2 Å².